The van der Waals surface area contributed by atoms with Crippen molar-refractivity contribution in [1.29, 1.82) is 0 Å². The summed E-state index contributed by atoms with van der Waals surface area (Å²) in [4.78, 5) is 52.2. The number of hydrogen-bond donors (Lipinski definition) is 6. The standard InChI is InChI=1S/C19H37N5O8/c1-11(25)13(22-10-30-24-17(29)32-19(5,6)7)15(27)23-12(14(20)26)8-9-21-16(28)31-18(2,3)4/h11-13,22,25H,8-10H2,1-7H3,(H2,20,26)(H,21,28)(H,23,27)(H,24,29)/t11-,12+,13+/m1/s1. The monoisotopic (exact) mass is 463 g/mol. The fraction of sp³-hybridized carbons (Fsp3) is 0.789. The number of hydrogen-bond acceptors (Lipinski definition) is 9. The molecule has 0 aromatic carbocycles. The zero-order valence-corrected chi connectivity index (χ0v) is 19.7. The van der Waals surface area contributed by atoms with Crippen LogP contribution in [0.25, 0.3) is 0 Å². The summed E-state index contributed by atoms with van der Waals surface area (Å²) in [5, 5.41) is 17.3. The van der Waals surface area contributed by atoms with Gasteiger partial charge < -0.3 is 30.9 Å². The molecule has 0 saturated carbocycles. The number of nitrogens with two attached hydrogens (primary N) is 1. The van der Waals surface area contributed by atoms with E-state index in [9.17, 15) is 24.3 Å². The van der Waals surface area contributed by atoms with Crippen LogP contribution < -0.4 is 27.2 Å². The van der Waals surface area contributed by atoms with E-state index in [0.29, 0.717) is 0 Å². The highest BCUT2D eigenvalue weighted by Gasteiger charge is 2.28. The molecule has 3 atom stereocenters. The third-order valence-electron chi connectivity index (χ3n) is 3.46. The number of hydroxylamine groups is 1. The maximum absolute atomic E-state index is 12.5. The van der Waals surface area contributed by atoms with E-state index in [1.165, 1.54) is 6.92 Å². The highest BCUT2D eigenvalue weighted by molar-refractivity contribution is 5.89. The molecule has 0 bridgehead atoms. The summed E-state index contributed by atoms with van der Waals surface area (Å²) < 4.78 is 10.1. The van der Waals surface area contributed by atoms with Crippen molar-refractivity contribution in [2.75, 3.05) is 13.3 Å². The van der Waals surface area contributed by atoms with Gasteiger partial charge in [0.15, 0.2) is 0 Å². The van der Waals surface area contributed by atoms with Gasteiger partial charge in [0.1, 0.15) is 30.0 Å². The molecule has 0 aliphatic rings. The Morgan fingerprint density at radius 2 is 1.50 bits per heavy atom. The van der Waals surface area contributed by atoms with E-state index in [1.807, 2.05) is 5.48 Å². The van der Waals surface area contributed by atoms with E-state index in [0.717, 1.165) is 0 Å². The number of aliphatic hydroxyl groups excluding tert-OH is 1. The Hall–Kier alpha value is -2.64. The van der Waals surface area contributed by atoms with Crippen molar-refractivity contribution in [1.82, 2.24) is 21.4 Å². The van der Waals surface area contributed by atoms with Crippen LogP contribution in [0, 0.1) is 0 Å². The van der Waals surface area contributed by atoms with Crippen molar-refractivity contribution >= 4 is 24.0 Å². The topological polar surface area (TPSA) is 190 Å². The van der Waals surface area contributed by atoms with Crippen LogP contribution >= 0.6 is 0 Å². The van der Waals surface area contributed by atoms with Crippen molar-refractivity contribution in [3.05, 3.63) is 0 Å². The molecule has 0 spiro atoms. The first-order valence-electron chi connectivity index (χ1n) is 10.1. The van der Waals surface area contributed by atoms with Crippen molar-refractivity contribution in [3.63, 3.8) is 0 Å². The third kappa shape index (κ3) is 14.4. The highest BCUT2D eigenvalue weighted by atomic mass is 16.7. The number of aliphatic hydroxyl groups is 1. The number of rotatable bonds is 11. The SMILES string of the molecule is C[C@@H](O)[C@H](NCONC(=O)OC(C)(C)C)C(=O)N[C@@H](CCNC(=O)OC(C)(C)C)C(N)=O. The van der Waals surface area contributed by atoms with Crippen LogP contribution in [0.15, 0.2) is 0 Å². The zero-order chi connectivity index (χ0) is 25.1. The molecule has 0 saturated heterocycles. The summed E-state index contributed by atoms with van der Waals surface area (Å²) in [6.07, 6.45) is -2.67. The fourth-order valence-corrected chi connectivity index (χ4v) is 2.19. The van der Waals surface area contributed by atoms with Gasteiger partial charge in [-0.1, -0.05) is 0 Å². The molecule has 0 heterocycles. The van der Waals surface area contributed by atoms with Crippen LogP contribution in [0.2, 0.25) is 0 Å². The number of carbonyl (C=O) groups excluding carboxylic acids is 4. The summed E-state index contributed by atoms with van der Waals surface area (Å²) in [6.45, 7) is 11.2. The van der Waals surface area contributed by atoms with E-state index in [1.54, 1.807) is 41.5 Å². The first kappa shape index (κ1) is 29.4. The molecule has 0 aliphatic carbocycles. The first-order valence-corrected chi connectivity index (χ1v) is 10.1. The zero-order valence-electron chi connectivity index (χ0n) is 19.7. The molecule has 32 heavy (non-hydrogen) atoms. The van der Waals surface area contributed by atoms with Crippen LogP contribution in [0.5, 0.6) is 0 Å². The number of nitrogens with one attached hydrogen (secondary N) is 4. The fourth-order valence-electron chi connectivity index (χ4n) is 2.19. The first-order chi connectivity index (χ1) is 14.5. The molecular weight excluding hydrogens is 426 g/mol. The summed E-state index contributed by atoms with van der Waals surface area (Å²) in [7, 11) is 0. The molecule has 0 aliphatic heterocycles. The highest BCUT2D eigenvalue weighted by Crippen LogP contribution is 2.07. The predicted octanol–water partition coefficient (Wildman–Crippen LogP) is -0.376. The van der Waals surface area contributed by atoms with Gasteiger partial charge in [-0.25, -0.2) is 9.59 Å². The van der Waals surface area contributed by atoms with E-state index in [-0.39, 0.29) is 19.7 Å². The Morgan fingerprint density at radius 3 is 1.97 bits per heavy atom. The number of primary amides is 1. The lowest BCUT2D eigenvalue weighted by Crippen LogP contribution is -2.56. The van der Waals surface area contributed by atoms with Crippen LogP contribution in [0.4, 0.5) is 9.59 Å². The number of ether oxygens (including phenoxy) is 2. The molecule has 0 fully saturated rings. The Kier molecular flexibility index (Phi) is 12.0. The van der Waals surface area contributed by atoms with Gasteiger partial charge in [0.2, 0.25) is 11.8 Å². The molecule has 0 aromatic rings. The van der Waals surface area contributed by atoms with Crippen LogP contribution in [0.3, 0.4) is 0 Å². The summed E-state index contributed by atoms with van der Waals surface area (Å²) in [5.41, 5.74) is 5.94. The molecule has 13 heteroatoms. The molecule has 0 unspecified atom stereocenters. The Morgan fingerprint density at radius 1 is 0.969 bits per heavy atom. The maximum atomic E-state index is 12.5. The smallest absolute Gasteiger partial charge is 0.431 e. The van der Waals surface area contributed by atoms with Gasteiger partial charge in [-0.15, -0.1) is 0 Å². The van der Waals surface area contributed by atoms with Gasteiger partial charge in [0.25, 0.3) is 0 Å². The molecule has 186 valence electrons. The van der Waals surface area contributed by atoms with Gasteiger partial charge in [0, 0.05) is 6.54 Å². The molecule has 4 amide bonds. The average molecular weight is 464 g/mol. The molecule has 0 rings (SSSR count). The Balaban J connectivity index is 4.63. The lowest BCUT2D eigenvalue weighted by Gasteiger charge is -2.24. The van der Waals surface area contributed by atoms with Gasteiger partial charge >= 0.3 is 12.2 Å². The number of carbonyl (C=O) groups is 4. The summed E-state index contributed by atoms with van der Waals surface area (Å²) in [6, 6.07) is -2.29. The second-order valence-electron chi connectivity index (χ2n) is 9.00. The van der Waals surface area contributed by atoms with Gasteiger partial charge in [-0.3, -0.25) is 19.7 Å². The van der Waals surface area contributed by atoms with Gasteiger partial charge in [-0.05, 0) is 54.9 Å². The average Bonchev–Trinajstić information content (AvgIpc) is 2.56. The predicted molar refractivity (Wildman–Crippen MR) is 114 cm³/mol. The van der Waals surface area contributed by atoms with Crippen molar-refractivity contribution in [2.24, 2.45) is 5.73 Å². The lowest BCUT2D eigenvalue weighted by atomic mass is 10.1. The number of amides is 4. The molecule has 0 aromatic heterocycles. The Bertz CT molecular complexity index is 643. The van der Waals surface area contributed by atoms with Crippen molar-refractivity contribution in [3.8, 4) is 0 Å². The second kappa shape index (κ2) is 13.0. The quantitative estimate of drug-likeness (QED) is 0.135. The van der Waals surface area contributed by atoms with E-state index in [2.05, 4.69) is 16.0 Å². The van der Waals surface area contributed by atoms with Crippen LogP contribution in [-0.4, -0.2) is 71.8 Å². The van der Waals surface area contributed by atoms with Crippen LogP contribution in [-0.2, 0) is 23.9 Å². The largest absolute Gasteiger partial charge is 0.444 e. The molecule has 0 radical (unpaired) electrons. The van der Waals surface area contributed by atoms with E-state index in [4.69, 9.17) is 20.0 Å². The third-order valence-corrected chi connectivity index (χ3v) is 3.46. The van der Waals surface area contributed by atoms with Gasteiger partial charge in [-0.2, -0.15) is 5.48 Å². The molecule has 7 N–H and O–H groups in total. The summed E-state index contributed by atoms with van der Waals surface area (Å²) in [5.74, 6) is -1.56. The van der Waals surface area contributed by atoms with E-state index >= 15 is 0 Å². The van der Waals surface area contributed by atoms with Crippen molar-refractivity contribution < 1.29 is 38.6 Å². The minimum Gasteiger partial charge on any atom is -0.444 e. The minimum absolute atomic E-state index is 0.00352. The normalized spacial score (nSPS) is 14.5. The molecular formula is C19H37N5O8. The van der Waals surface area contributed by atoms with Crippen LogP contribution in [0.1, 0.15) is 54.9 Å². The van der Waals surface area contributed by atoms with E-state index < -0.39 is 53.4 Å². The summed E-state index contributed by atoms with van der Waals surface area (Å²) >= 11 is 0. The lowest BCUT2D eigenvalue weighted by molar-refractivity contribution is -0.131. The minimum atomic E-state index is -1.18. The van der Waals surface area contributed by atoms with Crippen molar-refractivity contribution in [2.45, 2.75) is 84.3 Å². The molecule has 13 nitrogen and oxygen atoms in total. The van der Waals surface area contributed by atoms with Gasteiger partial charge in [0.05, 0.1) is 6.10 Å². The Labute approximate surface area is 188 Å². The second-order valence-corrected chi connectivity index (χ2v) is 9.00. The number of alkyl carbamates (subject to hydrolysis) is 1. The maximum Gasteiger partial charge on any atom is 0.431 e.